The molecule has 0 radical (unpaired) electrons. The lowest BCUT2D eigenvalue weighted by molar-refractivity contribution is 0.883. The Morgan fingerprint density at radius 2 is 1.58 bits per heavy atom. The van der Waals surface area contributed by atoms with Crippen molar-refractivity contribution < 1.29 is 0 Å². The Morgan fingerprint density at radius 1 is 0.731 bits per heavy atom. The molecule has 0 nitrogen and oxygen atoms in total. The zero-order valence-corrected chi connectivity index (χ0v) is 15.5. The minimum atomic E-state index is 0.482. The third kappa shape index (κ3) is 2.55. The zero-order chi connectivity index (χ0) is 17.5. The number of rotatable bonds is 2. The van der Waals surface area contributed by atoms with E-state index in [1.165, 1.54) is 38.3 Å². The maximum atomic E-state index is 2.36. The topological polar surface area (TPSA) is 0 Å². The van der Waals surface area contributed by atoms with Gasteiger partial charge in [0.2, 0.25) is 0 Å². The summed E-state index contributed by atoms with van der Waals surface area (Å²) in [5.74, 6) is 0.482. The summed E-state index contributed by atoms with van der Waals surface area (Å²) in [4.78, 5) is 1.43. The predicted octanol–water partition coefficient (Wildman–Crippen LogP) is 7.01. The lowest BCUT2D eigenvalue weighted by atomic mass is 9.85. The second-order valence-electron chi connectivity index (χ2n) is 6.99. The molecule has 3 aromatic carbocycles. The fourth-order valence-corrected chi connectivity index (χ4v) is 5.42. The molecule has 5 rings (SSSR count). The third-order valence-corrected chi connectivity index (χ3v) is 6.71. The van der Waals surface area contributed by atoms with E-state index in [2.05, 4.69) is 98.0 Å². The molecule has 2 aliphatic rings. The number of fused-ring (bicyclic) bond motifs is 3. The summed E-state index contributed by atoms with van der Waals surface area (Å²) in [6.45, 7) is 2.22. The maximum absolute atomic E-state index is 2.36. The van der Waals surface area contributed by atoms with Crippen LogP contribution in [-0.2, 0) is 0 Å². The van der Waals surface area contributed by atoms with Gasteiger partial charge < -0.3 is 0 Å². The summed E-state index contributed by atoms with van der Waals surface area (Å²) >= 11 is 2.00. The van der Waals surface area contributed by atoms with Gasteiger partial charge in [-0.1, -0.05) is 78.9 Å². The summed E-state index contributed by atoms with van der Waals surface area (Å²) in [7, 11) is 0. The zero-order valence-electron chi connectivity index (χ0n) is 14.7. The molecule has 0 spiro atoms. The van der Waals surface area contributed by atoms with Crippen molar-refractivity contribution in [1.82, 2.24) is 0 Å². The number of hydrogen-bond acceptors (Lipinski definition) is 1. The average molecular weight is 353 g/mol. The van der Waals surface area contributed by atoms with Crippen LogP contribution in [0.25, 0.3) is 22.3 Å². The van der Waals surface area contributed by atoms with Gasteiger partial charge in [0.25, 0.3) is 0 Å². The van der Waals surface area contributed by atoms with Crippen LogP contribution in [0.1, 0.15) is 17.0 Å². The van der Waals surface area contributed by atoms with Crippen LogP contribution in [0.3, 0.4) is 0 Å². The predicted molar refractivity (Wildman–Crippen MR) is 113 cm³/mol. The van der Waals surface area contributed by atoms with Gasteiger partial charge in [0, 0.05) is 16.1 Å². The Bertz CT molecular complexity index is 1030. The highest BCUT2D eigenvalue weighted by Crippen LogP contribution is 2.51. The highest BCUT2D eigenvalue weighted by atomic mass is 32.2. The average Bonchev–Trinajstić information content (AvgIpc) is 3.08. The van der Waals surface area contributed by atoms with Crippen LogP contribution >= 0.6 is 11.8 Å². The Morgan fingerprint density at radius 3 is 2.46 bits per heavy atom. The van der Waals surface area contributed by atoms with E-state index in [0.717, 1.165) is 0 Å². The number of benzene rings is 3. The number of allylic oxidation sites excluding steroid dienone is 3. The Balaban J connectivity index is 1.68. The monoisotopic (exact) mass is 352 g/mol. The fourth-order valence-electron chi connectivity index (χ4n) is 4.05. The molecule has 1 aliphatic heterocycles. The molecular formula is C25H20S. The molecule has 0 aromatic heterocycles. The third-order valence-electron chi connectivity index (χ3n) is 5.38. The second kappa shape index (κ2) is 6.34. The lowest BCUT2D eigenvalue weighted by Gasteiger charge is -2.19. The Hall–Kier alpha value is -2.51. The van der Waals surface area contributed by atoms with Crippen molar-refractivity contribution >= 4 is 11.8 Å². The Labute approximate surface area is 159 Å². The first-order valence-electron chi connectivity index (χ1n) is 9.12. The van der Waals surface area contributed by atoms with Crippen LogP contribution in [0.5, 0.6) is 0 Å². The van der Waals surface area contributed by atoms with Gasteiger partial charge in [0.05, 0.1) is 0 Å². The highest BCUT2D eigenvalue weighted by molar-refractivity contribution is 8.00. The van der Waals surface area contributed by atoms with Gasteiger partial charge in [-0.2, -0.15) is 0 Å². The van der Waals surface area contributed by atoms with Crippen molar-refractivity contribution in [2.24, 2.45) is 0 Å². The molecule has 2 atom stereocenters. The summed E-state index contributed by atoms with van der Waals surface area (Å²) in [6.07, 6.45) is 9.08. The van der Waals surface area contributed by atoms with Crippen molar-refractivity contribution in [2.75, 3.05) is 0 Å². The van der Waals surface area contributed by atoms with Gasteiger partial charge in [-0.25, -0.2) is 0 Å². The lowest BCUT2D eigenvalue weighted by Crippen LogP contribution is -2.07. The summed E-state index contributed by atoms with van der Waals surface area (Å²) in [6, 6.07) is 24.3. The first-order chi connectivity index (χ1) is 12.8. The van der Waals surface area contributed by atoms with E-state index < -0.39 is 0 Å². The SMILES string of the molecule is Cc1ccc(-c2ccccc2)cc1-c1cccc2c1C1C=CC=CC1S2. The summed E-state index contributed by atoms with van der Waals surface area (Å²) in [5.41, 5.74) is 8.13. The molecule has 0 saturated carbocycles. The second-order valence-corrected chi connectivity index (χ2v) is 8.21. The molecule has 2 unspecified atom stereocenters. The van der Waals surface area contributed by atoms with Gasteiger partial charge in [0.1, 0.15) is 0 Å². The van der Waals surface area contributed by atoms with Gasteiger partial charge >= 0.3 is 0 Å². The van der Waals surface area contributed by atoms with E-state index in [1.54, 1.807) is 0 Å². The maximum Gasteiger partial charge on any atom is 0.0381 e. The van der Waals surface area contributed by atoms with Crippen LogP contribution in [0.2, 0.25) is 0 Å². The molecule has 126 valence electrons. The summed E-state index contributed by atoms with van der Waals surface area (Å²) < 4.78 is 0. The molecular weight excluding hydrogens is 332 g/mol. The van der Waals surface area contributed by atoms with Crippen molar-refractivity contribution in [1.29, 1.82) is 0 Å². The molecule has 0 amide bonds. The smallest absolute Gasteiger partial charge is 0.0381 e. The number of hydrogen-bond donors (Lipinski definition) is 0. The van der Waals surface area contributed by atoms with Crippen molar-refractivity contribution in [3.05, 3.63) is 102 Å². The van der Waals surface area contributed by atoms with E-state index in [0.29, 0.717) is 11.2 Å². The molecule has 0 N–H and O–H groups in total. The molecule has 1 aliphatic carbocycles. The molecule has 0 bridgehead atoms. The quantitative estimate of drug-likeness (QED) is 0.478. The van der Waals surface area contributed by atoms with Crippen LogP contribution < -0.4 is 0 Å². The minimum Gasteiger partial charge on any atom is -0.117 e. The molecule has 1 heterocycles. The standard InChI is InChI=1S/C25H20S/c1-17-14-15-19(18-8-3-2-4-9-18)16-22(17)20-11-7-13-24-25(20)21-10-5-6-12-23(21)26-24/h2-16,21,23H,1H3. The largest absolute Gasteiger partial charge is 0.117 e. The summed E-state index contributed by atoms with van der Waals surface area (Å²) in [5, 5.41) is 0.536. The number of thioether (sulfide) groups is 1. The fraction of sp³-hybridized carbons (Fsp3) is 0.120. The van der Waals surface area contributed by atoms with Gasteiger partial charge in [0.15, 0.2) is 0 Å². The first kappa shape index (κ1) is 15.7. The molecule has 3 aromatic rings. The normalized spacial score (nSPS) is 20.0. The van der Waals surface area contributed by atoms with Crippen molar-refractivity contribution in [3.8, 4) is 22.3 Å². The minimum absolute atomic E-state index is 0.482. The van der Waals surface area contributed by atoms with E-state index in [-0.39, 0.29) is 0 Å². The van der Waals surface area contributed by atoms with E-state index in [1.807, 2.05) is 11.8 Å². The molecule has 1 heteroatoms. The first-order valence-corrected chi connectivity index (χ1v) is 10.0. The van der Waals surface area contributed by atoms with Crippen LogP contribution in [-0.4, -0.2) is 5.25 Å². The van der Waals surface area contributed by atoms with Crippen LogP contribution in [0.4, 0.5) is 0 Å². The van der Waals surface area contributed by atoms with Crippen molar-refractivity contribution in [2.45, 2.75) is 23.0 Å². The van der Waals surface area contributed by atoms with Gasteiger partial charge in [-0.15, -0.1) is 11.8 Å². The van der Waals surface area contributed by atoms with E-state index >= 15 is 0 Å². The van der Waals surface area contributed by atoms with E-state index in [4.69, 9.17) is 0 Å². The van der Waals surface area contributed by atoms with Crippen molar-refractivity contribution in [3.63, 3.8) is 0 Å². The molecule has 26 heavy (non-hydrogen) atoms. The Kier molecular flexibility index (Phi) is 3.83. The molecule has 0 saturated heterocycles. The van der Waals surface area contributed by atoms with Crippen LogP contribution in [0, 0.1) is 6.92 Å². The number of aryl methyl sites for hydroxylation is 1. The highest BCUT2D eigenvalue weighted by Gasteiger charge is 2.33. The van der Waals surface area contributed by atoms with Crippen LogP contribution in [0.15, 0.2) is 95.9 Å². The van der Waals surface area contributed by atoms with E-state index in [9.17, 15) is 0 Å². The van der Waals surface area contributed by atoms with Gasteiger partial charge in [-0.3, -0.25) is 0 Å². The van der Waals surface area contributed by atoms with Gasteiger partial charge in [-0.05, 0) is 52.4 Å². The molecule has 0 fully saturated rings.